The molecule has 4 rings (SSSR count). The molecule has 0 fully saturated rings. The molecule has 8 heteroatoms. The van der Waals surface area contributed by atoms with E-state index in [1.807, 2.05) is 0 Å². The largest absolute Gasteiger partial charge is 0.326 e. The highest BCUT2D eigenvalue weighted by Gasteiger charge is 2.43. The number of hydroxylamine groups is 2. The topological polar surface area (TPSA) is 107 Å². The lowest BCUT2D eigenvalue weighted by atomic mass is 9.96. The Balaban J connectivity index is 1.75. The number of hydrogen-bond donors (Lipinski definition) is 1. The molecule has 7 nitrogen and oxygen atoms in total. The van der Waals surface area contributed by atoms with Crippen LogP contribution in [0.2, 0.25) is 0 Å². The van der Waals surface area contributed by atoms with Crippen LogP contribution in [0, 0.1) is 0 Å². The first kappa shape index (κ1) is 20.7. The molecular formula is C23H18N2O5S. The van der Waals surface area contributed by atoms with E-state index >= 15 is 0 Å². The number of imide groups is 1. The number of hydrogen-bond acceptors (Lipinski definition) is 6. The van der Waals surface area contributed by atoms with Gasteiger partial charge in [-0.2, -0.15) is 8.42 Å². The summed E-state index contributed by atoms with van der Waals surface area (Å²) < 4.78 is 30.5. The van der Waals surface area contributed by atoms with Gasteiger partial charge >= 0.3 is 10.1 Å². The van der Waals surface area contributed by atoms with Gasteiger partial charge in [-0.25, -0.2) is 0 Å². The Hall–Kier alpha value is -3.59. The molecule has 0 atom stereocenters. The number of amides is 2. The highest BCUT2D eigenvalue weighted by molar-refractivity contribution is 7.86. The van der Waals surface area contributed by atoms with Crippen LogP contribution >= 0.6 is 0 Å². The van der Waals surface area contributed by atoms with E-state index in [2.05, 4.69) is 0 Å². The lowest BCUT2D eigenvalue weighted by Gasteiger charge is -2.14. The number of nitrogens with two attached hydrogens (primary N) is 1. The van der Waals surface area contributed by atoms with Crippen LogP contribution in [0.5, 0.6) is 0 Å². The summed E-state index contributed by atoms with van der Waals surface area (Å²) in [5.74, 6) is -1.70. The van der Waals surface area contributed by atoms with E-state index in [1.54, 1.807) is 60.7 Å². The molecule has 3 aromatic rings. The molecule has 0 radical (unpaired) electrons. The molecule has 1 heterocycles. The summed E-state index contributed by atoms with van der Waals surface area (Å²) in [6.07, 6.45) is 0. The zero-order valence-corrected chi connectivity index (χ0v) is 17.1. The summed E-state index contributed by atoms with van der Waals surface area (Å²) in [5.41, 5.74) is 7.38. The number of carbonyl (C=O) groups excluding carboxylic acids is 2. The summed E-state index contributed by atoms with van der Waals surface area (Å²) in [5, 5.41) is 0.302. The van der Waals surface area contributed by atoms with Crippen LogP contribution in [0.1, 0.15) is 16.7 Å². The van der Waals surface area contributed by atoms with Gasteiger partial charge in [-0.1, -0.05) is 72.8 Å². The average molecular weight is 434 g/mol. The van der Waals surface area contributed by atoms with Crippen molar-refractivity contribution in [2.75, 3.05) is 0 Å². The fraction of sp³-hybridized carbons (Fsp3) is 0.0435. The Kier molecular flexibility index (Phi) is 5.51. The Morgan fingerprint density at radius 1 is 0.710 bits per heavy atom. The maximum Gasteiger partial charge on any atom is 0.318 e. The molecule has 2 N–H and O–H groups in total. The lowest BCUT2D eigenvalue weighted by Crippen LogP contribution is -2.34. The Labute approximate surface area is 179 Å². The van der Waals surface area contributed by atoms with E-state index in [-0.39, 0.29) is 22.6 Å². The van der Waals surface area contributed by atoms with Gasteiger partial charge in [0.25, 0.3) is 11.8 Å². The van der Waals surface area contributed by atoms with E-state index in [0.29, 0.717) is 16.2 Å². The monoisotopic (exact) mass is 434 g/mol. The van der Waals surface area contributed by atoms with Gasteiger partial charge in [0.2, 0.25) is 0 Å². The maximum atomic E-state index is 13.2. The van der Waals surface area contributed by atoms with Crippen molar-refractivity contribution in [1.29, 1.82) is 0 Å². The van der Waals surface area contributed by atoms with Crippen LogP contribution in [0.3, 0.4) is 0 Å². The standard InChI is InChI=1S/C23H18N2O5S/c24-15-16-11-13-19(14-12-16)31(28,29)30-25-22(26)20(17-7-3-1-4-8-17)21(23(25)27)18-9-5-2-6-10-18/h1-14H,15,24H2. The molecule has 0 bridgehead atoms. The van der Waals surface area contributed by atoms with Gasteiger partial charge in [0.15, 0.2) is 0 Å². The van der Waals surface area contributed by atoms with Crippen LogP contribution in [0.25, 0.3) is 11.1 Å². The first-order valence-corrected chi connectivity index (χ1v) is 10.8. The summed E-state index contributed by atoms with van der Waals surface area (Å²) in [6.45, 7) is 0.245. The average Bonchev–Trinajstić information content (AvgIpc) is 3.04. The second-order valence-electron chi connectivity index (χ2n) is 6.76. The van der Waals surface area contributed by atoms with Gasteiger partial charge in [0.05, 0.1) is 16.0 Å². The molecule has 31 heavy (non-hydrogen) atoms. The summed E-state index contributed by atoms with van der Waals surface area (Å²) in [6, 6.07) is 22.8. The molecule has 0 aliphatic carbocycles. The maximum absolute atomic E-state index is 13.2. The number of carbonyl (C=O) groups is 2. The fourth-order valence-electron chi connectivity index (χ4n) is 3.26. The Morgan fingerprint density at radius 3 is 1.58 bits per heavy atom. The number of rotatable bonds is 6. The third kappa shape index (κ3) is 3.91. The second-order valence-corrected chi connectivity index (χ2v) is 8.29. The molecule has 1 aliphatic heterocycles. The summed E-state index contributed by atoms with van der Waals surface area (Å²) >= 11 is 0. The van der Waals surface area contributed by atoms with Crippen molar-refractivity contribution in [1.82, 2.24) is 5.06 Å². The number of nitrogens with zero attached hydrogens (tertiary/aromatic N) is 1. The van der Waals surface area contributed by atoms with Gasteiger partial charge in [0, 0.05) is 6.54 Å². The smallest absolute Gasteiger partial charge is 0.318 e. The van der Waals surface area contributed by atoms with Gasteiger partial charge in [-0.05, 0) is 28.8 Å². The van der Waals surface area contributed by atoms with Gasteiger partial charge in [0.1, 0.15) is 0 Å². The Morgan fingerprint density at radius 2 is 1.16 bits per heavy atom. The van der Waals surface area contributed by atoms with Crippen molar-refractivity contribution in [2.45, 2.75) is 11.4 Å². The molecule has 1 aliphatic rings. The van der Waals surface area contributed by atoms with Crippen LogP contribution in [-0.4, -0.2) is 25.3 Å². The van der Waals surface area contributed by atoms with E-state index in [4.69, 9.17) is 10.0 Å². The minimum Gasteiger partial charge on any atom is -0.326 e. The SMILES string of the molecule is NCc1ccc(S(=O)(=O)ON2C(=O)C(c3ccccc3)=C(c3ccccc3)C2=O)cc1. The molecule has 0 saturated heterocycles. The lowest BCUT2D eigenvalue weighted by molar-refractivity contribution is -0.160. The summed E-state index contributed by atoms with van der Waals surface area (Å²) in [7, 11) is -4.43. The first-order chi connectivity index (χ1) is 14.9. The van der Waals surface area contributed by atoms with Gasteiger partial charge in [-0.3, -0.25) is 9.59 Å². The van der Waals surface area contributed by atoms with Crippen molar-refractivity contribution in [3.63, 3.8) is 0 Å². The van der Waals surface area contributed by atoms with Crippen molar-refractivity contribution in [3.05, 3.63) is 102 Å². The van der Waals surface area contributed by atoms with Crippen molar-refractivity contribution in [2.24, 2.45) is 5.73 Å². The van der Waals surface area contributed by atoms with Crippen molar-refractivity contribution < 1.29 is 22.3 Å². The molecule has 0 saturated carbocycles. The zero-order valence-electron chi connectivity index (χ0n) is 16.3. The Bertz CT molecular complexity index is 1210. The predicted molar refractivity (Wildman–Crippen MR) is 114 cm³/mol. The van der Waals surface area contributed by atoms with Crippen LogP contribution < -0.4 is 5.73 Å². The highest BCUT2D eigenvalue weighted by Crippen LogP contribution is 2.36. The van der Waals surface area contributed by atoms with E-state index < -0.39 is 21.9 Å². The van der Waals surface area contributed by atoms with Gasteiger partial charge < -0.3 is 5.73 Å². The summed E-state index contributed by atoms with van der Waals surface area (Å²) in [4.78, 5) is 26.1. The zero-order chi connectivity index (χ0) is 22.0. The molecular weight excluding hydrogens is 416 g/mol. The molecule has 0 unspecified atom stereocenters. The molecule has 156 valence electrons. The van der Waals surface area contributed by atoms with E-state index in [0.717, 1.165) is 5.56 Å². The van der Waals surface area contributed by atoms with E-state index in [9.17, 15) is 18.0 Å². The van der Waals surface area contributed by atoms with Crippen LogP contribution in [-0.2, 0) is 30.5 Å². The molecule has 3 aromatic carbocycles. The van der Waals surface area contributed by atoms with Gasteiger partial charge in [-0.15, -0.1) is 9.35 Å². The van der Waals surface area contributed by atoms with Crippen LogP contribution in [0.15, 0.2) is 89.8 Å². The molecule has 0 aromatic heterocycles. The minimum absolute atomic E-state index is 0.0745. The van der Waals surface area contributed by atoms with Crippen molar-refractivity contribution >= 4 is 33.1 Å². The quantitative estimate of drug-likeness (QED) is 0.598. The van der Waals surface area contributed by atoms with Crippen molar-refractivity contribution in [3.8, 4) is 0 Å². The normalized spacial score (nSPS) is 14.4. The highest BCUT2D eigenvalue weighted by atomic mass is 32.2. The predicted octanol–water partition coefficient (Wildman–Crippen LogP) is 2.75. The third-order valence-electron chi connectivity index (χ3n) is 4.79. The van der Waals surface area contributed by atoms with E-state index in [1.165, 1.54) is 24.3 Å². The number of benzene rings is 3. The first-order valence-electron chi connectivity index (χ1n) is 9.40. The second kappa shape index (κ2) is 8.27. The minimum atomic E-state index is -4.43. The molecule has 2 amide bonds. The fourth-order valence-corrected chi connectivity index (χ4v) is 4.14. The molecule has 0 spiro atoms. The van der Waals surface area contributed by atoms with Crippen LogP contribution in [0.4, 0.5) is 0 Å². The third-order valence-corrected chi connectivity index (χ3v) is 5.99.